The number of aromatic nitrogens is 4. The van der Waals surface area contributed by atoms with Gasteiger partial charge in [-0.1, -0.05) is 12.1 Å². The molecule has 0 aliphatic rings. The number of anilines is 1. The summed E-state index contributed by atoms with van der Waals surface area (Å²) in [5.74, 6) is -0.521. The van der Waals surface area contributed by atoms with Crippen LogP contribution in [-0.2, 0) is 27.2 Å². The topological polar surface area (TPSA) is 103 Å². The number of halogens is 1. The molecule has 0 saturated carbocycles. The van der Waals surface area contributed by atoms with Crippen molar-refractivity contribution in [1.82, 2.24) is 24.9 Å². The smallest absolute Gasteiger partial charge is 0.271 e. The molecule has 0 aliphatic heterocycles. The van der Waals surface area contributed by atoms with Crippen LogP contribution in [0.5, 0.6) is 5.75 Å². The number of nitrogens with zero attached hydrogens (tertiary/aromatic N) is 4. The third kappa shape index (κ3) is 5.47. The van der Waals surface area contributed by atoms with Gasteiger partial charge < -0.3 is 15.4 Å². The monoisotopic (exact) mass is 462 g/mol. The van der Waals surface area contributed by atoms with E-state index in [9.17, 15) is 14.0 Å². The Kier molecular flexibility index (Phi) is 6.67. The molecule has 174 valence electrons. The van der Waals surface area contributed by atoms with Crippen molar-refractivity contribution in [2.24, 2.45) is 14.1 Å². The summed E-state index contributed by atoms with van der Waals surface area (Å²) >= 11 is 0. The van der Waals surface area contributed by atoms with Crippen LogP contribution in [0.3, 0.4) is 0 Å². The lowest BCUT2D eigenvalue weighted by Crippen LogP contribution is -2.26. The van der Waals surface area contributed by atoms with Gasteiger partial charge in [-0.25, -0.2) is 4.39 Å². The molecule has 2 heterocycles. The molecule has 10 heteroatoms. The average molecular weight is 462 g/mol. The molecule has 0 saturated heterocycles. The van der Waals surface area contributed by atoms with Gasteiger partial charge in [0.15, 0.2) is 0 Å². The van der Waals surface area contributed by atoms with Crippen LogP contribution < -0.4 is 15.4 Å². The molecule has 4 aromatic rings. The van der Waals surface area contributed by atoms with Gasteiger partial charge in [0, 0.05) is 38.0 Å². The Morgan fingerprint density at radius 1 is 0.941 bits per heavy atom. The fourth-order valence-electron chi connectivity index (χ4n) is 3.27. The number of hydrogen-bond donors (Lipinski definition) is 2. The standard InChI is InChI=1S/C24H23FN6O3/c1-30-14-17(12-27-30)11-26-24(33)22-21(13-28-31(22)2)29-23(32)18-5-3-16(4-6-18)15-34-20-9-7-19(25)8-10-20/h3-10,12-14H,11,15H2,1-2H3,(H,26,33)(H,29,32). The molecule has 2 N–H and O–H groups in total. The third-order valence-electron chi connectivity index (χ3n) is 5.05. The molecule has 2 aromatic heterocycles. The average Bonchev–Trinajstić information content (AvgIpc) is 3.42. The van der Waals surface area contributed by atoms with Gasteiger partial charge in [-0.05, 0) is 42.0 Å². The Bertz CT molecular complexity index is 1300. The molecule has 9 nitrogen and oxygen atoms in total. The number of aryl methyl sites for hydroxylation is 2. The number of benzene rings is 2. The van der Waals surface area contributed by atoms with E-state index in [1.165, 1.54) is 23.0 Å². The number of carbonyl (C=O) groups is 2. The molecular weight excluding hydrogens is 439 g/mol. The van der Waals surface area contributed by atoms with Crippen LogP contribution in [0.15, 0.2) is 67.1 Å². The molecule has 34 heavy (non-hydrogen) atoms. The van der Waals surface area contributed by atoms with E-state index in [2.05, 4.69) is 20.8 Å². The summed E-state index contributed by atoms with van der Waals surface area (Å²) in [5, 5.41) is 13.7. The first kappa shape index (κ1) is 22.7. The van der Waals surface area contributed by atoms with Crippen LogP contribution in [0.1, 0.15) is 32.0 Å². The van der Waals surface area contributed by atoms with Gasteiger partial charge in [-0.2, -0.15) is 10.2 Å². The maximum Gasteiger partial charge on any atom is 0.271 e. The molecule has 2 aromatic carbocycles. The predicted molar refractivity (Wildman–Crippen MR) is 123 cm³/mol. The molecule has 0 bridgehead atoms. The van der Waals surface area contributed by atoms with Crippen molar-refractivity contribution < 1.29 is 18.7 Å². The predicted octanol–water partition coefficient (Wildman–Crippen LogP) is 3.05. The first-order valence-electron chi connectivity index (χ1n) is 10.5. The van der Waals surface area contributed by atoms with Gasteiger partial charge in [0.05, 0.1) is 18.1 Å². The highest BCUT2D eigenvalue weighted by Crippen LogP contribution is 2.17. The van der Waals surface area contributed by atoms with E-state index >= 15 is 0 Å². The summed E-state index contributed by atoms with van der Waals surface area (Å²) in [5.41, 5.74) is 2.65. The van der Waals surface area contributed by atoms with E-state index in [1.807, 2.05) is 0 Å². The van der Waals surface area contributed by atoms with Gasteiger partial charge in [0.2, 0.25) is 0 Å². The number of amides is 2. The zero-order valence-electron chi connectivity index (χ0n) is 18.7. The van der Waals surface area contributed by atoms with Crippen LogP contribution in [-0.4, -0.2) is 31.4 Å². The van der Waals surface area contributed by atoms with Gasteiger partial charge in [0.1, 0.15) is 23.9 Å². The second-order valence-corrected chi connectivity index (χ2v) is 7.63. The van der Waals surface area contributed by atoms with E-state index < -0.39 is 0 Å². The molecule has 4 rings (SSSR count). The maximum absolute atomic E-state index is 13.0. The summed E-state index contributed by atoms with van der Waals surface area (Å²) in [7, 11) is 3.43. The minimum absolute atomic E-state index is 0.238. The maximum atomic E-state index is 13.0. The lowest BCUT2D eigenvalue weighted by Gasteiger charge is -2.09. The lowest BCUT2D eigenvalue weighted by atomic mass is 10.1. The summed E-state index contributed by atoms with van der Waals surface area (Å²) in [6.07, 6.45) is 4.91. The fourth-order valence-corrected chi connectivity index (χ4v) is 3.27. The van der Waals surface area contributed by atoms with Gasteiger partial charge in [-0.3, -0.25) is 19.0 Å². The van der Waals surface area contributed by atoms with Crippen LogP contribution in [0.2, 0.25) is 0 Å². The lowest BCUT2D eigenvalue weighted by molar-refractivity contribution is 0.0942. The van der Waals surface area contributed by atoms with Crippen molar-refractivity contribution in [2.45, 2.75) is 13.2 Å². The fraction of sp³-hybridized carbons (Fsp3) is 0.167. The van der Waals surface area contributed by atoms with Crippen molar-refractivity contribution in [3.63, 3.8) is 0 Å². The zero-order valence-corrected chi connectivity index (χ0v) is 18.7. The third-order valence-corrected chi connectivity index (χ3v) is 5.05. The van der Waals surface area contributed by atoms with Gasteiger partial charge in [0.25, 0.3) is 11.8 Å². The van der Waals surface area contributed by atoms with Gasteiger partial charge >= 0.3 is 0 Å². The summed E-state index contributed by atoms with van der Waals surface area (Å²) < 4.78 is 21.7. The highest BCUT2D eigenvalue weighted by Gasteiger charge is 2.19. The SMILES string of the molecule is Cn1cc(CNC(=O)c2c(NC(=O)c3ccc(COc4ccc(F)cc4)cc3)cnn2C)cn1. The largest absolute Gasteiger partial charge is 0.489 e. The number of hydrogen-bond acceptors (Lipinski definition) is 5. The Morgan fingerprint density at radius 3 is 2.35 bits per heavy atom. The molecule has 0 radical (unpaired) electrons. The molecule has 0 aliphatic carbocycles. The van der Waals surface area contributed by atoms with E-state index in [4.69, 9.17) is 4.74 Å². The van der Waals surface area contributed by atoms with Crippen LogP contribution in [0, 0.1) is 5.82 Å². The van der Waals surface area contributed by atoms with Crippen molar-refractivity contribution in [3.05, 3.63) is 95.3 Å². The van der Waals surface area contributed by atoms with Crippen molar-refractivity contribution in [1.29, 1.82) is 0 Å². The molecule has 0 unspecified atom stereocenters. The van der Waals surface area contributed by atoms with E-state index in [1.54, 1.807) is 67.6 Å². The number of ether oxygens (including phenoxy) is 1. The van der Waals surface area contributed by atoms with Crippen LogP contribution in [0.4, 0.5) is 10.1 Å². The first-order chi connectivity index (χ1) is 16.4. The van der Waals surface area contributed by atoms with Gasteiger partial charge in [-0.15, -0.1) is 0 Å². The number of nitrogens with one attached hydrogen (secondary N) is 2. The minimum Gasteiger partial charge on any atom is -0.489 e. The van der Waals surface area contributed by atoms with Crippen LogP contribution in [0.25, 0.3) is 0 Å². The molecule has 0 spiro atoms. The second-order valence-electron chi connectivity index (χ2n) is 7.63. The van der Waals surface area contributed by atoms with Crippen molar-refractivity contribution >= 4 is 17.5 Å². The minimum atomic E-state index is -0.375. The Balaban J connectivity index is 1.36. The Hall–Kier alpha value is -4.47. The Morgan fingerprint density at radius 2 is 1.68 bits per heavy atom. The molecular formula is C24H23FN6O3. The first-order valence-corrected chi connectivity index (χ1v) is 10.5. The van der Waals surface area contributed by atoms with Crippen LogP contribution >= 0.6 is 0 Å². The molecule has 0 fully saturated rings. The molecule has 0 atom stereocenters. The summed E-state index contributed by atoms with van der Waals surface area (Å²) in [6, 6.07) is 12.6. The highest BCUT2D eigenvalue weighted by molar-refractivity contribution is 6.08. The van der Waals surface area contributed by atoms with E-state index in [0.717, 1.165) is 11.1 Å². The Labute approximate surface area is 195 Å². The van der Waals surface area contributed by atoms with Crippen molar-refractivity contribution in [3.8, 4) is 5.75 Å². The number of carbonyl (C=O) groups excluding carboxylic acids is 2. The highest BCUT2D eigenvalue weighted by atomic mass is 19.1. The van der Waals surface area contributed by atoms with Crippen molar-refractivity contribution in [2.75, 3.05) is 5.32 Å². The zero-order chi connectivity index (χ0) is 24.1. The quantitative estimate of drug-likeness (QED) is 0.419. The number of rotatable bonds is 8. The normalized spacial score (nSPS) is 10.7. The summed E-state index contributed by atoms with van der Waals surface area (Å²) in [6.45, 7) is 0.573. The van der Waals surface area contributed by atoms with E-state index in [-0.39, 0.29) is 29.9 Å². The molecule has 2 amide bonds. The summed E-state index contributed by atoms with van der Waals surface area (Å²) in [4.78, 5) is 25.5. The second kappa shape index (κ2) is 9.99. The van der Waals surface area contributed by atoms with E-state index in [0.29, 0.717) is 23.5 Å².